The lowest BCUT2D eigenvalue weighted by Crippen LogP contribution is -2.00. The van der Waals surface area contributed by atoms with Gasteiger partial charge in [0, 0.05) is 38.2 Å². The second-order valence-electron chi connectivity index (χ2n) is 12.0. The van der Waals surface area contributed by atoms with Gasteiger partial charge in [-0.3, -0.25) is 0 Å². The van der Waals surface area contributed by atoms with E-state index in [0.29, 0.717) is 17.5 Å². The maximum atomic E-state index is 6.45. The van der Waals surface area contributed by atoms with E-state index in [0.717, 1.165) is 82.5 Å². The minimum absolute atomic E-state index is 0.571. The molecule has 3 heterocycles. The van der Waals surface area contributed by atoms with Crippen molar-refractivity contribution in [3.63, 3.8) is 0 Å². The lowest BCUT2D eigenvalue weighted by Gasteiger charge is -2.10. The van der Waals surface area contributed by atoms with Crippen LogP contribution in [0.2, 0.25) is 0 Å². The van der Waals surface area contributed by atoms with Gasteiger partial charge in [0.05, 0.1) is 0 Å². The van der Waals surface area contributed by atoms with E-state index in [1.54, 1.807) is 0 Å². The highest BCUT2D eigenvalue weighted by Crippen LogP contribution is 2.39. The van der Waals surface area contributed by atoms with Crippen molar-refractivity contribution in [3.05, 3.63) is 152 Å². The molecule has 48 heavy (non-hydrogen) atoms. The van der Waals surface area contributed by atoms with Gasteiger partial charge < -0.3 is 8.83 Å². The molecule has 5 heteroatoms. The standard InChI is InChI=1S/C43H25N3O2/c1-2-9-26(10-3-1)29-19-22-34-39(24-29)48-37-16-8-14-35(40(34)37)43-45-41(30-18-17-27-11-4-5-12-28(27)23-30)44-42(46-43)31-20-21-33-32-13-6-7-15-36(32)47-38(33)25-31/h1-25H. The Hall–Kier alpha value is -6.59. The highest BCUT2D eigenvalue weighted by molar-refractivity contribution is 6.12. The van der Waals surface area contributed by atoms with Gasteiger partial charge >= 0.3 is 0 Å². The fourth-order valence-electron chi connectivity index (χ4n) is 6.77. The molecule has 10 aromatic rings. The van der Waals surface area contributed by atoms with Crippen molar-refractivity contribution < 1.29 is 8.83 Å². The van der Waals surface area contributed by atoms with Crippen LogP contribution >= 0.6 is 0 Å². The molecule has 0 saturated heterocycles. The summed E-state index contributed by atoms with van der Waals surface area (Å²) in [6.45, 7) is 0. The number of furan rings is 2. The van der Waals surface area contributed by atoms with Gasteiger partial charge in [-0.15, -0.1) is 0 Å². The zero-order valence-corrected chi connectivity index (χ0v) is 25.6. The quantitative estimate of drug-likeness (QED) is 0.197. The van der Waals surface area contributed by atoms with Crippen LogP contribution in [-0.4, -0.2) is 15.0 Å². The molecule has 0 unspecified atom stereocenters. The van der Waals surface area contributed by atoms with Gasteiger partial charge in [0.15, 0.2) is 17.5 Å². The van der Waals surface area contributed by atoms with Crippen LogP contribution < -0.4 is 0 Å². The molecule has 0 atom stereocenters. The van der Waals surface area contributed by atoms with Crippen LogP contribution in [-0.2, 0) is 0 Å². The normalized spacial score (nSPS) is 11.8. The summed E-state index contributed by atoms with van der Waals surface area (Å²) in [5.41, 5.74) is 8.14. The summed E-state index contributed by atoms with van der Waals surface area (Å²) in [6, 6.07) is 51.7. The average Bonchev–Trinajstić information content (AvgIpc) is 3.72. The second kappa shape index (κ2) is 10.5. The number of nitrogens with zero attached hydrogens (tertiary/aromatic N) is 3. The minimum atomic E-state index is 0.571. The van der Waals surface area contributed by atoms with Crippen molar-refractivity contribution in [2.75, 3.05) is 0 Å². The Balaban J connectivity index is 1.19. The maximum absolute atomic E-state index is 6.45. The first-order valence-electron chi connectivity index (χ1n) is 15.9. The Morgan fingerprint density at radius 1 is 0.333 bits per heavy atom. The zero-order chi connectivity index (χ0) is 31.6. The van der Waals surface area contributed by atoms with Crippen LogP contribution in [0.5, 0.6) is 0 Å². The highest BCUT2D eigenvalue weighted by Gasteiger charge is 2.19. The predicted molar refractivity (Wildman–Crippen MR) is 194 cm³/mol. The van der Waals surface area contributed by atoms with E-state index < -0.39 is 0 Å². The summed E-state index contributed by atoms with van der Waals surface area (Å²) < 4.78 is 12.7. The van der Waals surface area contributed by atoms with Crippen molar-refractivity contribution in [2.24, 2.45) is 0 Å². The lowest BCUT2D eigenvalue weighted by atomic mass is 10.0. The molecule has 0 amide bonds. The van der Waals surface area contributed by atoms with E-state index in [1.165, 1.54) is 0 Å². The number of fused-ring (bicyclic) bond motifs is 7. The van der Waals surface area contributed by atoms with Gasteiger partial charge in [0.25, 0.3) is 0 Å². The Labute approximate surface area is 274 Å². The van der Waals surface area contributed by atoms with Crippen molar-refractivity contribution in [1.29, 1.82) is 0 Å². The molecule has 0 N–H and O–H groups in total. The number of rotatable bonds is 4. The minimum Gasteiger partial charge on any atom is -0.456 e. The Morgan fingerprint density at radius 2 is 0.938 bits per heavy atom. The Bertz CT molecular complexity index is 2850. The molecule has 5 nitrogen and oxygen atoms in total. The van der Waals surface area contributed by atoms with Crippen molar-refractivity contribution >= 4 is 54.6 Å². The first kappa shape index (κ1) is 26.6. The van der Waals surface area contributed by atoms with E-state index in [9.17, 15) is 0 Å². The van der Waals surface area contributed by atoms with Gasteiger partial charge in [-0.05, 0) is 64.4 Å². The molecule has 224 valence electrons. The largest absolute Gasteiger partial charge is 0.456 e. The second-order valence-corrected chi connectivity index (χ2v) is 12.0. The molecule has 0 saturated carbocycles. The number of aromatic nitrogens is 3. The van der Waals surface area contributed by atoms with E-state index in [2.05, 4.69) is 84.9 Å². The monoisotopic (exact) mass is 615 g/mol. The van der Waals surface area contributed by atoms with Gasteiger partial charge in [0.1, 0.15) is 22.3 Å². The van der Waals surface area contributed by atoms with E-state index >= 15 is 0 Å². The first-order valence-corrected chi connectivity index (χ1v) is 15.9. The maximum Gasteiger partial charge on any atom is 0.164 e. The topological polar surface area (TPSA) is 65.0 Å². The average molecular weight is 616 g/mol. The van der Waals surface area contributed by atoms with Crippen molar-refractivity contribution in [1.82, 2.24) is 15.0 Å². The summed E-state index contributed by atoms with van der Waals surface area (Å²) in [5, 5.41) is 6.42. The van der Waals surface area contributed by atoms with Crippen LogP contribution in [0.25, 0.3) is 99.9 Å². The molecule has 0 radical (unpaired) electrons. The zero-order valence-electron chi connectivity index (χ0n) is 25.6. The first-order chi connectivity index (χ1) is 23.7. The molecule has 3 aromatic heterocycles. The summed E-state index contributed by atoms with van der Waals surface area (Å²) in [6.07, 6.45) is 0. The third-order valence-corrected chi connectivity index (χ3v) is 9.13. The fourth-order valence-corrected chi connectivity index (χ4v) is 6.77. The van der Waals surface area contributed by atoms with Crippen LogP contribution in [0.4, 0.5) is 0 Å². The molecule has 0 aliphatic carbocycles. The molecular formula is C43H25N3O2. The molecule has 0 bridgehead atoms. The van der Waals surface area contributed by atoms with Crippen LogP contribution in [0.1, 0.15) is 0 Å². The molecule has 0 aliphatic heterocycles. The SMILES string of the molecule is c1ccc(-c2ccc3c(c2)oc2cccc(-c4nc(-c5ccc6ccccc6c5)nc(-c5ccc6c(c5)oc5ccccc56)n4)c23)cc1. The van der Waals surface area contributed by atoms with Gasteiger partial charge in [-0.2, -0.15) is 0 Å². The van der Waals surface area contributed by atoms with E-state index in [-0.39, 0.29) is 0 Å². The smallest absolute Gasteiger partial charge is 0.164 e. The Morgan fingerprint density at radius 3 is 1.83 bits per heavy atom. The predicted octanol–water partition coefficient (Wildman–Crippen LogP) is 11.5. The van der Waals surface area contributed by atoms with Crippen LogP contribution in [0.15, 0.2) is 160 Å². The van der Waals surface area contributed by atoms with Gasteiger partial charge in [0.2, 0.25) is 0 Å². The molecule has 10 rings (SSSR count). The number of benzene rings is 7. The van der Waals surface area contributed by atoms with Crippen LogP contribution in [0, 0.1) is 0 Å². The van der Waals surface area contributed by atoms with E-state index in [4.69, 9.17) is 23.8 Å². The van der Waals surface area contributed by atoms with Crippen molar-refractivity contribution in [3.8, 4) is 45.3 Å². The lowest BCUT2D eigenvalue weighted by molar-refractivity contribution is 0.668. The fraction of sp³-hybridized carbons (Fsp3) is 0. The molecule has 0 aliphatic rings. The Kier molecular flexibility index (Phi) is 5.81. The van der Waals surface area contributed by atoms with Gasteiger partial charge in [-0.25, -0.2) is 15.0 Å². The third kappa shape index (κ3) is 4.29. The third-order valence-electron chi connectivity index (χ3n) is 9.13. The van der Waals surface area contributed by atoms with Crippen molar-refractivity contribution in [2.45, 2.75) is 0 Å². The molecular weight excluding hydrogens is 590 g/mol. The highest BCUT2D eigenvalue weighted by atomic mass is 16.3. The summed E-state index contributed by atoms with van der Waals surface area (Å²) in [4.78, 5) is 15.3. The molecule has 0 fully saturated rings. The molecule has 0 spiro atoms. The number of hydrogen-bond acceptors (Lipinski definition) is 5. The number of hydrogen-bond donors (Lipinski definition) is 0. The van der Waals surface area contributed by atoms with Gasteiger partial charge in [-0.1, -0.05) is 109 Å². The van der Waals surface area contributed by atoms with E-state index in [1.807, 2.05) is 66.7 Å². The summed E-state index contributed by atoms with van der Waals surface area (Å²) in [5.74, 6) is 1.75. The molecule has 7 aromatic carbocycles. The van der Waals surface area contributed by atoms with Crippen LogP contribution in [0.3, 0.4) is 0 Å². The summed E-state index contributed by atoms with van der Waals surface area (Å²) in [7, 11) is 0. The summed E-state index contributed by atoms with van der Waals surface area (Å²) >= 11 is 0. The number of para-hydroxylation sites is 1.